The fraction of sp³-hybridized carbons (Fsp3) is 0.500. The smallest absolute Gasteiger partial charge is 0.235 e. The summed E-state index contributed by atoms with van der Waals surface area (Å²) in [5, 5.41) is 3.35. The first kappa shape index (κ1) is 16.7. The number of aromatic nitrogens is 2. The van der Waals surface area contributed by atoms with Crippen LogP contribution in [0.3, 0.4) is 0 Å². The molecule has 3 heterocycles. The summed E-state index contributed by atoms with van der Waals surface area (Å²) in [7, 11) is -1.31. The zero-order chi connectivity index (χ0) is 16.6. The van der Waals surface area contributed by atoms with Gasteiger partial charge in [0.1, 0.15) is 16.2 Å². The van der Waals surface area contributed by atoms with Crippen LogP contribution in [0.15, 0.2) is 22.8 Å². The number of sulfone groups is 1. The lowest BCUT2D eigenvalue weighted by Gasteiger charge is -2.26. The van der Waals surface area contributed by atoms with Gasteiger partial charge in [-0.15, -0.1) is 11.3 Å². The number of hydrogen-bond donors (Lipinski definition) is 0. The highest BCUT2D eigenvalue weighted by atomic mass is 32.2. The first-order chi connectivity index (χ1) is 10.9. The second-order valence-electron chi connectivity index (χ2n) is 5.58. The van der Waals surface area contributed by atoms with E-state index in [0.717, 1.165) is 15.2 Å². The molecule has 3 rings (SSSR count). The van der Waals surface area contributed by atoms with Crippen LogP contribution in [-0.2, 0) is 14.6 Å². The first-order valence-electron chi connectivity index (χ1n) is 7.19. The third kappa shape index (κ3) is 3.51. The van der Waals surface area contributed by atoms with Crippen molar-refractivity contribution in [3.05, 3.63) is 17.8 Å². The molecule has 2 aromatic rings. The predicted molar refractivity (Wildman–Crippen MR) is 92.6 cm³/mol. The van der Waals surface area contributed by atoms with Gasteiger partial charge in [-0.1, -0.05) is 11.8 Å². The molecule has 0 aromatic carbocycles. The molecule has 1 fully saturated rings. The molecular formula is C14H17N3O3S3. The minimum atomic E-state index is -3.00. The van der Waals surface area contributed by atoms with Gasteiger partial charge < -0.3 is 4.90 Å². The van der Waals surface area contributed by atoms with Gasteiger partial charge in [-0.05, 0) is 24.8 Å². The zero-order valence-electron chi connectivity index (χ0n) is 12.8. The topological polar surface area (TPSA) is 80.2 Å². The number of carbonyl (C=O) groups excluding carboxylic acids is 1. The third-order valence-electron chi connectivity index (χ3n) is 3.97. The van der Waals surface area contributed by atoms with E-state index in [1.54, 1.807) is 11.9 Å². The van der Waals surface area contributed by atoms with Crippen molar-refractivity contribution in [2.75, 3.05) is 18.6 Å². The molecule has 0 saturated carbocycles. The number of amides is 1. The van der Waals surface area contributed by atoms with Crippen LogP contribution in [0.25, 0.3) is 10.2 Å². The number of nitrogens with zero attached hydrogens (tertiary/aromatic N) is 3. The Bertz CT molecular complexity index is 834. The fourth-order valence-electron chi connectivity index (χ4n) is 2.63. The molecule has 1 saturated heterocycles. The van der Waals surface area contributed by atoms with E-state index in [2.05, 4.69) is 9.97 Å². The Balaban J connectivity index is 1.71. The molecule has 0 bridgehead atoms. The van der Waals surface area contributed by atoms with E-state index in [-0.39, 0.29) is 28.7 Å². The molecule has 2 aromatic heterocycles. The first-order valence-corrected chi connectivity index (χ1v) is 10.8. The lowest BCUT2D eigenvalue weighted by atomic mass is 10.2. The van der Waals surface area contributed by atoms with Gasteiger partial charge in [-0.3, -0.25) is 4.79 Å². The molecule has 1 aliphatic rings. The molecule has 23 heavy (non-hydrogen) atoms. The van der Waals surface area contributed by atoms with Crippen molar-refractivity contribution in [3.63, 3.8) is 0 Å². The summed E-state index contributed by atoms with van der Waals surface area (Å²) in [4.78, 5) is 23.5. The monoisotopic (exact) mass is 371 g/mol. The average Bonchev–Trinajstić information content (AvgIpc) is 3.12. The second kappa shape index (κ2) is 6.37. The summed E-state index contributed by atoms with van der Waals surface area (Å²) in [6.07, 6.45) is 2.02. The molecule has 0 spiro atoms. The maximum absolute atomic E-state index is 12.6. The van der Waals surface area contributed by atoms with Crippen molar-refractivity contribution in [1.29, 1.82) is 0 Å². The van der Waals surface area contributed by atoms with Crippen molar-refractivity contribution >= 4 is 49.1 Å². The largest absolute Gasteiger partial charge is 0.341 e. The van der Waals surface area contributed by atoms with Gasteiger partial charge in [0.05, 0.1) is 16.8 Å². The Morgan fingerprint density at radius 1 is 1.48 bits per heavy atom. The Morgan fingerprint density at radius 2 is 2.26 bits per heavy atom. The molecular weight excluding hydrogens is 354 g/mol. The number of rotatable bonds is 4. The fourth-order valence-corrected chi connectivity index (χ4v) is 6.20. The Labute approximate surface area is 143 Å². The molecule has 0 radical (unpaired) electrons. The minimum absolute atomic E-state index is 0.0644. The van der Waals surface area contributed by atoms with Crippen LogP contribution in [0, 0.1) is 0 Å². The van der Waals surface area contributed by atoms with E-state index >= 15 is 0 Å². The summed E-state index contributed by atoms with van der Waals surface area (Å²) < 4.78 is 23.2. The second-order valence-corrected chi connectivity index (χ2v) is 10.0. The summed E-state index contributed by atoms with van der Waals surface area (Å²) in [5.74, 6) is 0.159. The summed E-state index contributed by atoms with van der Waals surface area (Å²) in [5.41, 5.74) is 0. The molecule has 0 N–H and O–H groups in total. The number of hydrogen-bond acceptors (Lipinski definition) is 7. The normalized spacial score (nSPS) is 21.4. The SMILES string of the molecule is C[C@@H](Sc1ncnc2sccc12)C(=O)N(C)[C@H]1CCS(=O)(=O)C1. The number of fused-ring (bicyclic) bond motifs is 1. The number of thioether (sulfide) groups is 1. The van der Waals surface area contributed by atoms with Crippen LogP contribution in [0.2, 0.25) is 0 Å². The minimum Gasteiger partial charge on any atom is -0.341 e. The Hall–Kier alpha value is -1.19. The predicted octanol–water partition coefficient (Wildman–Crippen LogP) is 1.82. The van der Waals surface area contributed by atoms with Gasteiger partial charge in [0.15, 0.2) is 9.84 Å². The highest BCUT2D eigenvalue weighted by molar-refractivity contribution is 8.00. The summed E-state index contributed by atoms with van der Waals surface area (Å²) in [6.45, 7) is 1.83. The van der Waals surface area contributed by atoms with Crippen LogP contribution in [-0.4, -0.2) is 59.0 Å². The average molecular weight is 372 g/mol. The lowest BCUT2D eigenvalue weighted by Crippen LogP contribution is -2.41. The van der Waals surface area contributed by atoms with Crippen molar-refractivity contribution in [3.8, 4) is 0 Å². The quantitative estimate of drug-likeness (QED) is 0.602. The molecule has 2 atom stereocenters. The Kier molecular flexibility index (Phi) is 4.61. The molecule has 1 amide bonds. The highest BCUT2D eigenvalue weighted by Gasteiger charge is 2.34. The molecule has 9 heteroatoms. The molecule has 0 aliphatic carbocycles. The standard InChI is InChI=1S/C14H17N3O3S3/c1-9(14(18)17(2)10-4-6-23(19,20)7-10)22-13-11-3-5-21-12(11)15-8-16-13/h3,5,8-10H,4,6-7H2,1-2H3/t9-,10+/m1/s1. The maximum atomic E-state index is 12.6. The number of carbonyl (C=O) groups is 1. The highest BCUT2D eigenvalue weighted by Crippen LogP contribution is 2.31. The van der Waals surface area contributed by atoms with E-state index in [4.69, 9.17) is 0 Å². The van der Waals surface area contributed by atoms with Gasteiger partial charge in [-0.25, -0.2) is 18.4 Å². The van der Waals surface area contributed by atoms with Gasteiger partial charge in [0, 0.05) is 18.5 Å². The van der Waals surface area contributed by atoms with Gasteiger partial charge in [0.25, 0.3) is 0 Å². The van der Waals surface area contributed by atoms with Crippen LogP contribution in [0.4, 0.5) is 0 Å². The van der Waals surface area contributed by atoms with Gasteiger partial charge in [0.2, 0.25) is 5.91 Å². The van der Waals surface area contributed by atoms with E-state index in [0.29, 0.717) is 6.42 Å². The van der Waals surface area contributed by atoms with Gasteiger partial charge >= 0.3 is 0 Å². The van der Waals surface area contributed by atoms with E-state index in [1.807, 2.05) is 18.4 Å². The Morgan fingerprint density at radius 3 is 2.96 bits per heavy atom. The van der Waals surface area contributed by atoms with Crippen LogP contribution in [0.1, 0.15) is 13.3 Å². The van der Waals surface area contributed by atoms with Crippen LogP contribution >= 0.6 is 23.1 Å². The van der Waals surface area contributed by atoms with E-state index in [9.17, 15) is 13.2 Å². The molecule has 0 unspecified atom stereocenters. The molecule has 124 valence electrons. The van der Waals surface area contributed by atoms with Crippen molar-refractivity contribution in [2.45, 2.75) is 29.7 Å². The third-order valence-corrected chi connectivity index (χ3v) is 7.64. The van der Waals surface area contributed by atoms with E-state index < -0.39 is 9.84 Å². The summed E-state index contributed by atoms with van der Waals surface area (Å²) in [6, 6.07) is 1.73. The van der Waals surface area contributed by atoms with E-state index in [1.165, 1.54) is 29.4 Å². The molecule has 1 aliphatic heterocycles. The van der Waals surface area contributed by atoms with Crippen molar-refractivity contribution in [2.24, 2.45) is 0 Å². The number of thiophene rings is 1. The van der Waals surface area contributed by atoms with Gasteiger partial charge in [-0.2, -0.15) is 0 Å². The van der Waals surface area contributed by atoms with Crippen LogP contribution in [0.5, 0.6) is 0 Å². The van der Waals surface area contributed by atoms with Crippen molar-refractivity contribution < 1.29 is 13.2 Å². The maximum Gasteiger partial charge on any atom is 0.235 e. The lowest BCUT2D eigenvalue weighted by molar-refractivity contribution is -0.130. The van der Waals surface area contributed by atoms with Crippen LogP contribution < -0.4 is 0 Å². The molecule has 6 nitrogen and oxygen atoms in total. The zero-order valence-corrected chi connectivity index (χ0v) is 15.2. The van der Waals surface area contributed by atoms with Crippen molar-refractivity contribution in [1.82, 2.24) is 14.9 Å². The summed E-state index contributed by atoms with van der Waals surface area (Å²) >= 11 is 2.92.